The number of piperidine rings is 1. The third-order valence-corrected chi connectivity index (χ3v) is 6.24. The van der Waals surface area contributed by atoms with Gasteiger partial charge in [-0.05, 0) is 43.5 Å². The molecule has 2 atom stereocenters. The van der Waals surface area contributed by atoms with E-state index >= 15 is 0 Å². The van der Waals surface area contributed by atoms with Crippen LogP contribution in [-0.2, 0) is 24.3 Å². The van der Waals surface area contributed by atoms with Crippen molar-refractivity contribution in [3.8, 4) is 5.75 Å². The molecule has 7 nitrogen and oxygen atoms in total. The van der Waals surface area contributed by atoms with Crippen LogP contribution in [0.1, 0.15) is 19.3 Å². The lowest BCUT2D eigenvalue weighted by molar-refractivity contribution is -0.147. The van der Waals surface area contributed by atoms with Crippen LogP contribution in [0.2, 0.25) is 0 Å². The van der Waals surface area contributed by atoms with E-state index in [9.17, 15) is 22.4 Å². The molecule has 144 valence electrons. The monoisotopic (exact) mass is 387 g/mol. The van der Waals surface area contributed by atoms with Crippen LogP contribution >= 0.6 is 0 Å². The van der Waals surface area contributed by atoms with Gasteiger partial charge in [0.05, 0.1) is 31.4 Å². The number of carbonyl (C=O) groups excluding carboxylic acids is 2. The Morgan fingerprint density at radius 1 is 1.35 bits per heavy atom. The maximum absolute atomic E-state index is 12.8. The van der Waals surface area contributed by atoms with Gasteiger partial charge < -0.3 is 14.3 Å². The van der Waals surface area contributed by atoms with E-state index in [-0.39, 0.29) is 37.6 Å². The summed E-state index contributed by atoms with van der Waals surface area (Å²) in [5.41, 5.74) is 0. The smallest absolute Gasteiger partial charge is 0.308 e. The summed E-state index contributed by atoms with van der Waals surface area (Å²) in [4.78, 5) is 22.9. The number of halogens is 1. The zero-order valence-electron chi connectivity index (χ0n) is 14.5. The Morgan fingerprint density at radius 3 is 2.65 bits per heavy atom. The van der Waals surface area contributed by atoms with E-state index in [0.717, 1.165) is 4.31 Å². The van der Waals surface area contributed by atoms with E-state index in [1.807, 2.05) is 0 Å². The number of benzene rings is 1. The van der Waals surface area contributed by atoms with Gasteiger partial charge >= 0.3 is 5.97 Å². The molecular weight excluding hydrogens is 365 g/mol. The fraction of sp³-hybridized carbons (Fsp3) is 0.529. The second kappa shape index (κ2) is 9.09. The summed E-state index contributed by atoms with van der Waals surface area (Å²) in [5.74, 6) is -1.00. The molecule has 1 aromatic carbocycles. The number of carbonyl (C=O) groups is 2. The first kappa shape index (κ1) is 20.3. The molecule has 1 saturated heterocycles. The Balaban J connectivity index is 1.87. The first-order valence-electron chi connectivity index (χ1n) is 8.28. The molecular formula is C17H22FNO6S. The lowest BCUT2D eigenvalue weighted by Gasteiger charge is -2.34. The van der Waals surface area contributed by atoms with Crippen molar-refractivity contribution in [2.75, 3.05) is 26.0 Å². The van der Waals surface area contributed by atoms with E-state index in [1.54, 1.807) is 0 Å². The molecule has 1 aromatic rings. The minimum atomic E-state index is -3.65. The largest absolute Gasteiger partial charge is 0.494 e. The second-order valence-electron chi connectivity index (χ2n) is 6.03. The third-order valence-electron chi connectivity index (χ3n) is 4.27. The van der Waals surface area contributed by atoms with Crippen LogP contribution in [0.4, 0.5) is 4.39 Å². The molecule has 0 saturated carbocycles. The fourth-order valence-electron chi connectivity index (χ4n) is 2.90. The van der Waals surface area contributed by atoms with Crippen molar-refractivity contribution in [1.82, 2.24) is 4.31 Å². The van der Waals surface area contributed by atoms with Crippen LogP contribution in [0.5, 0.6) is 5.75 Å². The van der Waals surface area contributed by atoms with Crippen molar-refractivity contribution in [1.29, 1.82) is 0 Å². The molecule has 0 bridgehead atoms. The normalized spacial score (nSPS) is 21.2. The van der Waals surface area contributed by atoms with Gasteiger partial charge in [-0.1, -0.05) is 0 Å². The number of sulfonamides is 1. The summed E-state index contributed by atoms with van der Waals surface area (Å²) in [6.07, 6.45) is 1.23. The number of esters is 1. The number of methoxy groups -OCH3 is 1. The van der Waals surface area contributed by atoms with E-state index < -0.39 is 28.0 Å². The Labute approximate surface area is 152 Å². The maximum atomic E-state index is 12.8. The second-order valence-corrected chi connectivity index (χ2v) is 8.07. The van der Waals surface area contributed by atoms with Gasteiger partial charge in [0.25, 0.3) is 0 Å². The first-order valence-corrected chi connectivity index (χ1v) is 9.89. The Bertz CT molecular complexity index is 721. The number of nitrogens with zero attached hydrogens (tertiary/aromatic N) is 1. The van der Waals surface area contributed by atoms with E-state index in [4.69, 9.17) is 4.74 Å². The zero-order valence-corrected chi connectivity index (χ0v) is 15.3. The molecule has 9 heteroatoms. The number of hydrogen-bond donors (Lipinski definition) is 0. The van der Waals surface area contributed by atoms with E-state index in [1.165, 1.54) is 31.4 Å². The molecule has 0 N–H and O–H groups in total. The number of ether oxygens (including phenoxy) is 2. The highest BCUT2D eigenvalue weighted by Gasteiger charge is 2.38. The molecule has 2 unspecified atom stereocenters. The number of hydrogen-bond acceptors (Lipinski definition) is 6. The molecule has 0 spiro atoms. The van der Waals surface area contributed by atoms with Crippen molar-refractivity contribution in [2.45, 2.75) is 25.3 Å². The molecule has 1 aliphatic rings. The predicted octanol–water partition coefficient (Wildman–Crippen LogP) is 1.38. The van der Waals surface area contributed by atoms with Gasteiger partial charge in [0, 0.05) is 6.54 Å². The Hall–Kier alpha value is -2.00. The molecule has 26 heavy (non-hydrogen) atoms. The van der Waals surface area contributed by atoms with Crippen LogP contribution in [0.25, 0.3) is 0 Å². The standard InChI is InChI=1S/C17H22FNO6S/c1-24-17(21)13-7-8-19(15(11-13)12-20)26(22,23)10-2-9-25-16-5-3-14(18)4-6-16/h3-6,12-13,15H,2,7-11H2,1H3. The summed E-state index contributed by atoms with van der Waals surface area (Å²) >= 11 is 0. The van der Waals surface area contributed by atoms with E-state index in [0.29, 0.717) is 18.5 Å². The van der Waals surface area contributed by atoms with E-state index in [2.05, 4.69) is 4.74 Å². The summed E-state index contributed by atoms with van der Waals surface area (Å²) in [6, 6.07) is 4.57. The van der Waals surface area contributed by atoms with Crippen molar-refractivity contribution < 1.29 is 31.9 Å². The van der Waals surface area contributed by atoms with Gasteiger partial charge in [-0.15, -0.1) is 0 Å². The van der Waals surface area contributed by atoms with Crippen molar-refractivity contribution in [3.63, 3.8) is 0 Å². The first-order chi connectivity index (χ1) is 12.4. The Morgan fingerprint density at radius 2 is 2.04 bits per heavy atom. The van der Waals surface area contributed by atoms with Gasteiger partial charge in [0.1, 0.15) is 17.9 Å². The van der Waals surface area contributed by atoms with Gasteiger partial charge in [-0.25, -0.2) is 12.8 Å². The minimum absolute atomic E-state index is 0.102. The zero-order chi connectivity index (χ0) is 19.2. The molecule has 1 heterocycles. The fourth-order valence-corrected chi connectivity index (χ4v) is 4.55. The van der Waals surface area contributed by atoms with Crippen LogP contribution in [0.15, 0.2) is 24.3 Å². The van der Waals surface area contributed by atoms with Crippen LogP contribution in [0.3, 0.4) is 0 Å². The third kappa shape index (κ3) is 5.25. The molecule has 0 radical (unpaired) electrons. The lowest BCUT2D eigenvalue weighted by atomic mass is 9.93. The predicted molar refractivity (Wildman–Crippen MR) is 91.6 cm³/mol. The minimum Gasteiger partial charge on any atom is -0.494 e. The Kier molecular flexibility index (Phi) is 7.10. The van der Waals surface area contributed by atoms with Crippen LogP contribution in [-0.4, -0.2) is 57.0 Å². The highest BCUT2D eigenvalue weighted by Crippen LogP contribution is 2.26. The molecule has 0 amide bonds. The topological polar surface area (TPSA) is 90.0 Å². The summed E-state index contributed by atoms with van der Waals surface area (Å²) in [5, 5.41) is 0. The molecule has 0 aliphatic carbocycles. The van der Waals surface area contributed by atoms with Crippen molar-refractivity contribution in [2.24, 2.45) is 5.92 Å². The lowest BCUT2D eigenvalue weighted by Crippen LogP contribution is -2.49. The maximum Gasteiger partial charge on any atom is 0.308 e. The SMILES string of the molecule is COC(=O)C1CCN(S(=O)(=O)CCCOc2ccc(F)cc2)C(C=O)C1. The number of aldehydes is 1. The molecule has 1 aliphatic heterocycles. The summed E-state index contributed by atoms with van der Waals surface area (Å²) < 4.78 is 49.0. The van der Waals surface area contributed by atoms with Crippen molar-refractivity contribution in [3.05, 3.63) is 30.1 Å². The van der Waals surface area contributed by atoms with Crippen LogP contribution < -0.4 is 4.74 Å². The quantitative estimate of drug-likeness (QED) is 0.380. The van der Waals surface area contributed by atoms with Gasteiger partial charge in [-0.3, -0.25) is 4.79 Å². The molecule has 0 aromatic heterocycles. The van der Waals surface area contributed by atoms with Gasteiger partial charge in [0.2, 0.25) is 10.0 Å². The highest BCUT2D eigenvalue weighted by molar-refractivity contribution is 7.89. The molecule has 1 fully saturated rings. The summed E-state index contributed by atoms with van der Waals surface area (Å²) in [7, 11) is -2.39. The molecule has 2 rings (SSSR count). The van der Waals surface area contributed by atoms with Crippen molar-refractivity contribution >= 4 is 22.3 Å². The van der Waals surface area contributed by atoms with Gasteiger partial charge in [0.15, 0.2) is 0 Å². The van der Waals surface area contributed by atoms with Gasteiger partial charge in [-0.2, -0.15) is 4.31 Å². The average molecular weight is 387 g/mol. The average Bonchev–Trinajstić information content (AvgIpc) is 2.65. The highest BCUT2D eigenvalue weighted by atomic mass is 32.2. The van der Waals surface area contributed by atoms with Crippen LogP contribution in [0, 0.1) is 11.7 Å². The summed E-state index contributed by atoms with van der Waals surface area (Å²) in [6.45, 7) is 0.250. The number of rotatable bonds is 8.